The van der Waals surface area contributed by atoms with E-state index in [4.69, 9.17) is 14.2 Å². The highest BCUT2D eigenvalue weighted by Crippen LogP contribution is 2.53. The molecule has 2 amide bonds. The molecule has 180 valence electrons. The van der Waals surface area contributed by atoms with Crippen molar-refractivity contribution in [3.05, 3.63) is 48.6 Å². The number of methoxy groups -OCH3 is 1. The van der Waals surface area contributed by atoms with Crippen LogP contribution >= 0.6 is 0 Å². The van der Waals surface area contributed by atoms with E-state index in [-0.39, 0.29) is 38.1 Å². The zero-order chi connectivity index (χ0) is 23.9. The average molecular weight is 469 g/mol. The summed E-state index contributed by atoms with van der Waals surface area (Å²) in [6, 6.07) is 6.16. The van der Waals surface area contributed by atoms with Gasteiger partial charge in [0.1, 0.15) is 23.3 Å². The number of hydrogen-bond acceptors (Lipinski definition) is 7. The standard InChI is InChI=1S/C25H28N2O7/c1-32-17-9-7-16(8-10-17)26-12-4-11-25-20(19-18(34-25)6-2-3-15-33-24(19)31)22(29)27(13-5-14-28)21(25)23(26)30/h2,4,6-11,18-21,28H,3,5,12-15H2,1H3/t18-,19+,20+,21?,25+/m1/s1. The molecule has 9 nitrogen and oxygen atoms in total. The van der Waals surface area contributed by atoms with E-state index >= 15 is 0 Å². The molecule has 5 rings (SSSR count). The van der Waals surface area contributed by atoms with E-state index in [9.17, 15) is 19.5 Å². The van der Waals surface area contributed by atoms with Gasteiger partial charge in [0.25, 0.3) is 5.91 Å². The van der Waals surface area contributed by atoms with Crippen LogP contribution < -0.4 is 9.64 Å². The number of hydrogen-bond donors (Lipinski definition) is 1. The molecule has 0 aliphatic carbocycles. The quantitative estimate of drug-likeness (QED) is 0.509. The maximum atomic E-state index is 14.0. The van der Waals surface area contributed by atoms with Crippen molar-refractivity contribution >= 4 is 23.5 Å². The molecule has 1 aromatic carbocycles. The van der Waals surface area contributed by atoms with Gasteiger partial charge in [0, 0.05) is 25.4 Å². The van der Waals surface area contributed by atoms with Crippen LogP contribution in [-0.4, -0.2) is 79.0 Å². The summed E-state index contributed by atoms with van der Waals surface area (Å²) in [6.07, 6.45) is 7.52. The summed E-state index contributed by atoms with van der Waals surface area (Å²) in [5.74, 6) is -2.16. The van der Waals surface area contributed by atoms with Crippen LogP contribution in [0.3, 0.4) is 0 Å². The largest absolute Gasteiger partial charge is 0.497 e. The molecule has 5 atom stereocenters. The van der Waals surface area contributed by atoms with E-state index in [0.717, 1.165) is 0 Å². The van der Waals surface area contributed by atoms with Crippen LogP contribution in [0.1, 0.15) is 12.8 Å². The number of carbonyl (C=O) groups is 3. The normalized spacial score (nSPS) is 32.5. The Morgan fingerprint density at radius 2 is 1.94 bits per heavy atom. The highest BCUT2D eigenvalue weighted by atomic mass is 16.6. The van der Waals surface area contributed by atoms with Gasteiger partial charge in [-0.25, -0.2) is 0 Å². The molecule has 9 heteroatoms. The molecule has 2 fully saturated rings. The van der Waals surface area contributed by atoms with Gasteiger partial charge in [-0.3, -0.25) is 14.4 Å². The summed E-state index contributed by atoms with van der Waals surface area (Å²) in [4.78, 5) is 43.8. The lowest BCUT2D eigenvalue weighted by atomic mass is 9.77. The molecule has 1 aromatic rings. The van der Waals surface area contributed by atoms with Crippen LogP contribution in [0.5, 0.6) is 5.75 Å². The van der Waals surface area contributed by atoms with E-state index < -0.39 is 35.6 Å². The molecule has 4 heterocycles. The number of anilines is 1. The first-order chi connectivity index (χ1) is 16.5. The number of rotatable bonds is 5. The third-order valence-corrected chi connectivity index (χ3v) is 7.06. The van der Waals surface area contributed by atoms with Crippen molar-refractivity contribution in [2.24, 2.45) is 11.8 Å². The van der Waals surface area contributed by atoms with Crippen molar-refractivity contribution in [1.29, 1.82) is 0 Å². The second-order valence-electron chi connectivity index (χ2n) is 8.88. The lowest BCUT2D eigenvalue weighted by Crippen LogP contribution is -2.55. The fourth-order valence-corrected chi connectivity index (χ4v) is 5.58. The van der Waals surface area contributed by atoms with Gasteiger partial charge in [-0.15, -0.1) is 0 Å². The number of fused-ring (bicyclic) bond motifs is 2. The van der Waals surface area contributed by atoms with Crippen LogP contribution in [0.25, 0.3) is 0 Å². The molecule has 1 N–H and O–H groups in total. The highest BCUT2D eigenvalue weighted by Gasteiger charge is 2.71. The summed E-state index contributed by atoms with van der Waals surface area (Å²) >= 11 is 0. The number of esters is 1. The molecular weight excluding hydrogens is 440 g/mol. The van der Waals surface area contributed by atoms with Crippen molar-refractivity contribution in [2.45, 2.75) is 30.6 Å². The molecule has 0 saturated carbocycles. The minimum absolute atomic E-state index is 0.127. The van der Waals surface area contributed by atoms with Crippen molar-refractivity contribution < 1.29 is 33.7 Å². The predicted octanol–water partition coefficient (Wildman–Crippen LogP) is 1.06. The SMILES string of the molecule is COc1ccc(N2CC=C[C@]34O[C@@H]5C=CCCOC(=O)[C@@H]5[C@H]3C(=O)N(CCCO)C4C2=O)cc1. The summed E-state index contributed by atoms with van der Waals surface area (Å²) in [5.41, 5.74) is -0.637. The van der Waals surface area contributed by atoms with Gasteiger partial charge in [-0.1, -0.05) is 24.3 Å². The third kappa shape index (κ3) is 3.42. The van der Waals surface area contributed by atoms with E-state index in [0.29, 0.717) is 24.3 Å². The Kier molecular flexibility index (Phi) is 5.91. The Hall–Kier alpha value is -3.17. The fourth-order valence-electron chi connectivity index (χ4n) is 5.58. The van der Waals surface area contributed by atoms with Gasteiger partial charge in [-0.05, 0) is 37.1 Å². The molecule has 0 radical (unpaired) electrons. The van der Waals surface area contributed by atoms with E-state index in [1.165, 1.54) is 4.90 Å². The molecule has 4 aliphatic heterocycles. The minimum Gasteiger partial charge on any atom is -0.497 e. The second-order valence-corrected chi connectivity index (χ2v) is 8.88. The number of cyclic esters (lactones) is 1. The van der Waals surface area contributed by atoms with Gasteiger partial charge < -0.3 is 29.1 Å². The van der Waals surface area contributed by atoms with Gasteiger partial charge in [-0.2, -0.15) is 0 Å². The van der Waals surface area contributed by atoms with Crippen LogP contribution in [0.2, 0.25) is 0 Å². The molecular formula is C25H28N2O7. The summed E-state index contributed by atoms with van der Waals surface area (Å²) in [5, 5.41) is 9.44. The Morgan fingerprint density at radius 1 is 1.15 bits per heavy atom. The number of aliphatic hydroxyl groups excluding tert-OH is 1. The lowest BCUT2D eigenvalue weighted by molar-refractivity contribution is -0.154. The Morgan fingerprint density at radius 3 is 2.68 bits per heavy atom. The Bertz CT molecular complexity index is 1040. The number of aliphatic hydroxyl groups is 1. The molecule has 0 aromatic heterocycles. The zero-order valence-corrected chi connectivity index (χ0v) is 19.0. The first kappa shape index (κ1) is 22.6. The minimum atomic E-state index is -1.30. The fraction of sp³-hybridized carbons (Fsp3) is 0.480. The number of likely N-dealkylation sites (tertiary alicyclic amines) is 1. The monoisotopic (exact) mass is 468 g/mol. The predicted molar refractivity (Wildman–Crippen MR) is 121 cm³/mol. The summed E-state index contributed by atoms with van der Waals surface area (Å²) < 4.78 is 17.1. The molecule has 2 saturated heterocycles. The maximum Gasteiger partial charge on any atom is 0.312 e. The van der Waals surface area contributed by atoms with Crippen LogP contribution in [0, 0.1) is 11.8 Å². The van der Waals surface area contributed by atoms with E-state index in [1.807, 2.05) is 18.2 Å². The lowest BCUT2D eigenvalue weighted by Gasteiger charge is -2.35. The molecule has 34 heavy (non-hydrogen) atoms. The van der Waals surface area contributed by atoms with Crippen LogP contribution in [0.15, 0.2) is 48.6 Å². The highest BCUT2D eigenvalue weighted by molar-refractivity contribution is 6.05. The number of ether oxygens (including phenoxy) is 3. The molecule has 4 aliphatic rings. The van der Waals surface area contributed by atoms with Crippen LogP contribution in [-0.2, 0) is 23.9 Å². The Labute approximate surface area is 197 Å². The molecule has 0 bridgehead atoms. The number of nitrogens with zero attached hydrogens (tertiary/aromatic N) is 2. The van der Waals surface area contributed by atoms with Gasteiger partial charge in [0.05, 0.1) is 25.7 Å². The summed E-state index contributed by atoms with van der Waals surface area (Å²) in [6.45, 7) is 0.583. The van der Waals surface area contributed by atoms with Gasteiger partial charge in [0.2, 0.25) is 5.91 Å². The van der Waals surface area contributed by atoms with Crippen molar-refractivity contribution in [3.8, 4) is 5.75 Å². The van der Waals surface area contributed by atoms with Crippen molar-refractivity contribution in [2.75, 3.05) is 38.3 Å². The summed E-state index contributed by atoms with van der Waals surface area (Å²) in [7, 11) is 1.57. The molecule has 1 spiro atoms. The van der Waals surface area contributed by atoms with Crippen LogP contribution in [0.4, 0.5) is 5.69 Å². The van der Waals surface area contributed by atoms with E-state index in [2.05, 4.69) is 0 Å². The topological polar surface area (TPSA) is 106 Å². The zero-order valence-electron chi connectivity index (χ0n) is 19.0. The van der Waals surface area contributed by atoms with Gasteiger partial charge in [0.15, 0.2) is 0 Å². The average Bonchev–Trinajstić information content (AvgIpc) is 3.21. The second kappa shape index (κ2) is 8.88. The molecule has 1 unspecified atom stereocenters. The smallest absolute Gasteiger partial charge is 0.312 e. The first-order valence-corrected chi connectivity index (χ1v) is 11.6. The number of amides is 2. The van der Waals surface area contributed by atoms with E-state index in [1.54, 1.807) is 42.4 Å². The van der Waals surface area contributed by atoms with Gasteiger partial charge >= 0.3 is 5.97 Å². The number of carbonyl (C=O) groups excluding carboxylic acids is 3. The van der Waals surface area contributed by atoms with Crippen molar-refractivity contribution in [1.82, 2.24) is 4.90 Å². The number of benzene rings is 1. The third-order valence-electron chi connectivity index (χ3n) is 7.06. The Balaban J connectivity index is 1.58. The maximum absolute atomic E-state index is 14.0. The van der Waals surface area contributed by atoms with Crippen molar-refractivity contribution in [3.63, 3.8) is 0 Å². The first-order valence-electron chi connectivity index (χ1n) is 11.6.